The van der Waals surface area contributed by atoms with E-state index in [0.29, 0.717) is 61.6 Å². The van der Waals surface area contributed by atoms with E-state index >= 15 is 0 Å². The Morgan fingerprint density at radius 2 is 1.29 bits per heavy atom. The number of carbonyl (C=O) groups is 3. The van der Waals surface area contributed by atoms with Gasteiger partial charge < -0.3 is 43.4 Å². The molecule has 0 aliphatic carbocycles. The van der Waals surface area contributed by atoms with Crippen LogP contribution in [0.1, 0.15) is 171 Å². The third-order valence-electron chi connectivity index (χ3n) is 14.3. The number of rotatable bonds is 12. The first-order valence-corrected chi connectivity index (χ1v) is 32.7. The lowest BCUT2D eigenvalue weighted by molar-refractivity contribution is -0.144. The molecule has 4 fully saturated rings. The number of ether oxygens (including phenoxy) is 2. The largest absolute Gasteiger partial charge is 0.370 e. The maximum absolute atomic E-state index is 11.3. The molecule has 0 spiro atoms. The number of hydrogen-bond donors (Lipinski definition) is 0. The van der Waals surface area contributed by atoms with Gasteiger partial charge in [-0.3, -0.25) is 29.3 Å². The number of aliphatic imine (C=N–C) groups is 1. The van der Waals surface area contributed by atoms with Crippen molar-refractivity contribution < 1.29 is 23.9 Å². The highest BCUT2D eigenvalue weighted by molar-refractivity contribution is 7.99. The number of aromatic nitrogens is 3. The summed E-state index contributed by atoms with van der Waals surface area (Å²) in [5.74, 6) is 7.86. The van der Waals surface area contributed by atoms with Crippen LogP contribution in [-0.4, -0.2) is 210 Å². The molecular formula is C67H121N11O5S. The molecule has 0 unspecified atom stereocenters. The predicted molar refractivity (Wildman–Crippen MR) is 355 cm³/mol. The number of nitrogens with zero attached hydrogens (tertiary/aromatic N) is 11. The fourth-order valence-corrected chi connectivity index (χ4v) is 10.4. The summed E-state index contributed by atoms with van der Waals surface area (Å²) in [6.07, 6.45) is 10.0. The van der Waals surface area contributed by atoms with Gasteiger partial charge in [-0.05, 0) is 129 Å². The molecule has 2 aromatic heterocycles. The van der Waals surface area contributed by atoms with Crippen molar-refractivity contribution in [3.63, 3.8) is 0 Å². The van der Waals surface area contributed by atoms with Crippen molar-refractivity contribution >= 4 is 35.3 Å². The number of likely N-dealkylation sites (N-methyl/N-ethyl adjacent to an activating group) is 2. The molecule has 480 valence electrons. The number of carbonyl (C=O) groups excluding carboxylic acids is 3. The van der Waals surface area contributed by atoms with Gasteiger partial charge in [-0.25, -0.2) is 4.98 Å². The Bertz CT molecular complexity index is 2190. The van der Waals surface area contributed by atoms with Crippen LogP contribution in [0, 0.1) is 23.7 Å². The summed E-state index contributed by atoms with van der Waals surface area (Å²) in [6, 6.07) is 14.3. The second-order valence-electron chi connectivity index (χ2n) is 25.4. The number of amidine groups is 1. The third kappa shape index (κ3) is 32.4. The van der Waals surface area contributed by atoms with E-state index in [1.807, 2.05) is 93.8 Å². The highest BCUT2D eigenvalue weighted by atomic mass is 32.2. The quantitative estimate of drug-likeness (QED) is 0.171. The minimum absolute atomic E-state index is 0.0988. The lowest BCUT2D eigenvalue weighted by Crippen LogP contribution is -2.45. The smallest absolute Gasteiger partial charge is 0.248 e. The van der Waals surface area contributed by atoms with Gasteiger partial charge in [0, 0.05) is 126 Å². The third-order valence-corrected chi connectivity index (χ3v) is 15.3. The van der Waals surface area contributed by atoms with E-state index in [2.05, 4.69) is 181 Å². The average molecular weight is 1190 g/mol. The van der Waals surface area contributed by atoms with Crippen molar-refractivity contribution in [2.75, 3.05) is 125 Å². The molecule has 16 nitrogen and oxygen atoms in total. The van der Waals surface area contributed by atoms with Gasteiger partial charge in [0.25, 0.3) is 0 Å². The van der Waals surface area contributed by atoms with Crippen LogP contribution >= 0.6 is 11.8 Å². The second kappa shape index (κ2) is 43.3. The highest BCUT2D eigenvalue weighted by Crippen LogP contribution is 2.20. The van der Waals surface area contributed by atoms with E-state index in [-0.39, 0.29) is 30.3 Å². The Labute approximate surface area is 517 Å². The molecule has 0 bridgehead atoms. The number of amides is 3. The van der Waals surface area contributed by atoms with Crippen LogP contribution in [0.3, 0.4) is 0 Å². The topological polar surface area (TPSA) is 135 Å². The highest BCUT2D eigenvalue weighted by Gasteiger charge is 2.23. The maximum atomic E-state index is 11.3. The zero-order valence-electron chi connectivity index (χ0n) is 57.1. The van der Waals surface area contributed by atoms with E-state index in [1.165, 1.54) is 61.0 Å². The molecule has 4 saturated heterocycles. The van der Waals surface area contributed by atoms with E-state index in [0.717, 1.165) is 63.4 Å². The summed E-state index contributed by atoms with van der Waals surface area (Å²) in [5, 5.41) is 0. The van der Waals surface area contributed by atoms with E-state index in [9.17, 15) is 14.4 Å². The predicted octanol–water partition coefficient (Wildman–Crippen LogP) is 11.6. The molecule has 17 heteroatoms. The van der Waals surface area contributed by atoms with Crippen LogP contribution in [-0.2, 0) is 36.8 Å². The first kappa shape index (κ1) is 77.6. The van der Waals surface area contributed by atoms with Crippen LogP contribution in [0.2, 0.25) is 0 Å². The zero-order chi connectivity index (χ0) is 63.5. The average Bonchev–Trinajstić information content (AvgIpc) is 4.42. The fraction of sp³-hybridized carbons (Fsp3) is 0.731. The Hall–Kier alpha value is -4.39. The van der Waals surface area contributed by atoms with Gasteiger partial charge in [0.2, 0.25) is 17.7 Å². The molecule has 8 rings (SSSR count). The van der Waals surface area contributed by atoms with Crippen molar-refractivity contribution in [1.82, 2.24) is 48.8 Å². The number of morpholine rings is 1. The Morgan fingerprint density at radius 1 is 0.655 bits per heavy atom. The van der Waals surface area contributed by atoms with Crippen LogP contribution < -0.4 is 0 Å². The molecule has 0 saturated carbocycles. The molecule has 7 heterocycles. The molecule has 3 amide bonds. The van der Waals surface area contributed by atoms with Crippen LogP contribution in [0.25, 0.3) is 0 Å². The van der Waals surface area contributed by atoms with E-state index in [4.69, 9.17) is 9.47 Å². The summed E-state index contributed by atoms with van der Waals surface area (Å²) in [6.45, 7) is 51.1. The monoisotopic (exact) mass is 1190 g/mol. The molecule has 3 aromatic rings. The van der Waals surface area contributed by atoms with Gasteiger partial charge in [-0.2, -0.15) is 0 Å². The summed E-state index contributed by atoms with van der Waals surface area (Å²) in [4.78, 5) is 61.0. The van der Waals surface area contributed by atoms with Gasteiger partial charge in [0.15, 0.2) is 0 Å². The first-order valence-electron chi connectivity index (χ1n) is 31.5. The van der Waals surface area contributed by atoms with Gasteiger partial charge in [-0.1, -0.05) is 107 Å². The second-order valence-corrected chi connectivity index (χ2v) is 26.5. The van der Waals surface area contributed by atoms with Gasteiger partial charge >= 0.3 is 0 Å². The molecule has 5 aliphatic rings. The molecule has 0 radical (unpaired) electrons. The summed E-state index contributed by atoms with van der Waals surface area (Å²) in [5.41, 5.74) is 4.27. The molecule has 84 heavy (non-hydrogen) atoms. The normalized spacial score (nSPS) is 16.5. The summed E-state index contributed by atoms with van der Waals surface area (Å²) < 4.78 is 12.2. The summed E-state index contributed by atoms with van der Waals surface area (Å²) >= 11 is 1.83. The molecule has 5 aliphatic heterocycles. The van der Waals surface area contributed by atoms with Gasteiger partial charge in [-0.15, -0.1) is 11.8 Å². The number of imidazole rings is 1. The van der Waals surface area contributed by atoms with E-state index in [1.54, 1.807) is 4.90 Å². The summed E-state index contributed by atoms with van der Waals surface area (Å²) in [7, 11) is 8.53. The van der Waals surface area contributed by atoms with Gasteiger partial charge in [0.1, 0.15) is 25.0 Å². The minimum atomic E-state index is 0.0988. The Balaban J connectivity index is 0.000000481. The minimum Gasteiger partial charge on any atom is -0.370 e. The lowest BCUT2D eigenvalue weighted by atomic mass is 9.97. The molecule has 0 atom stereocenters. The van der Waals surface area contributed by atoms with Crippen molar-refractivity contribution in [3.05, 3.63) is 83.7 Å². The molecule has 0 N–H and O–H groups in total. The number of benzene rings is 1. The van der Waals surface area contributed by atoms with Crippen molar-refractivity contribution in [1.29, 1.82) is 0 Å². The number of thioether (sulfide) groups is 1. The number of pyridine rings is 1. The first-order chi connectivity index (χ1) is 39.6. The van der Waals surface area contributed by atoms with E-state index < -0.39 is 0 Å². The standard InChI is InChI=1S/C12H19N.C10H18N2.C9H20N2.C8H11N.C7H14N2.2C7H13NO2.C7H13NOS/c1-10(2)12-8-6-5-7-11(12)9-13(3)4;1-8(2)7-10-11-5-6-12(10)9(3)4;1-9(2)11-6-4-5-10(3)7-8-11;1-7(2)8-3-5-9-6-4-8;1-6(2)7-8-4-5-9(7)3;1-6(2)7(9)8-3-4-10-5-8;1-6(2)8-3-4-10-5-7(8)9;1-6(2)7(9)8-3-4-10-5-8/h5-8,10H,9H2,1-4H3;5-6,8-9H,7H2,1-4H3;9H,4-8H2,1-3H3;3-7H,1-2H3;6H,4-5H2,1-3H3;3*6H,3-5H2,1-2H3. The van der Waals surface area contributed by atoms with Gasteiger partial charge in [0.05, 0.1) is 25.6 Å². The van der Waals surface area contributed by atoms with Crippen molar-refractivity contribution in [2.24, 2.45) is 28.7 Å². The number of hydrogen-bond acceptors (Lipinski definition) is 13. The van der Waals surface area contributed by atoms with Crippen molar-refractivity contribution in [2.45, 2.75) is 174 Å². The maximum Gasteiger partial charge on any atom is 0.248 e. The van der Waals surface area contributed by atoms with Crippen LogP contribution in [0.5, 0.6) is 0 Å². The SMILES string of the molecule is CC(C)C(=O)N1CCOC1.CC(C)C(=O)N1CCSC1.CC(C)C1=NCCN1C.CC(C)Cc1nccn1C(C)C.CC(C)N1CCCN(C)CC1.CC(C)N1CCOCC1=O.CC(C)c1ccccc1CN(C)C.CC(C)c1ccncc1. The fourth-order valence-electron chi connectivity index (χ4n) is 9.41. The lowest BCUT2D eigenvalue weighted by Gasteiger charge is -2.30. The molecule has 1 aromatic carbocycles. The van der Waals surface area contributed by atoms with Crippen LogP contribution in [0.15, 0.2) is 66.2 Å². The zero-order valence-corrected chi connectivity index (χ0v) is 57.9. The Morgan fingerprint density at radius 3 is 1.73 bits per heavy atom. The van der Waals surface area contributed by atoms with Crippen molar-refractivity contribution in [3.8, 4) is 0 Å². The molecular weight excluding hydrogens is 1070 g/mol. The Kier molecular flexibility index (Phi) is 40.0. The van der Waals surface area contributed by atoms with Crippen LogP contribution in [0.4, 0.5) is 0 Å².